The van der Waals surface area contributed by atoms with E-state index < -0.39 is 97.5 Å². The van der Waals surface area contributed by atoms with Gasteiger partial charge in [-0.25, -0.2) is 9.13 Å². The van der Waals surface area contributed by atoms with Crippen LogP contribution in [0.3, 0.4) is 0 Å². The second-order valence-corrected chi connectivity index (χ2v) is 28.2. The van der Waals surface area contributed by atoms with Crippen LogP contribution in [-0.4, -0.2) is 96.7 Å². The normalized spacial score (nSPS) is 14.3. The zero-order valence-corrected chi connectivity index (χ0v) is 56.9. The second kappa shape index (κ2) is 57.2. The highest BCUT2D eigenvalue weighted by molar-refractivity contribution is 7.47. The van der Waals surface area contributed by atoms with Gasteiger partial charge in [-0.1, -0.05) is 273 Å². The Balaban J connectivity index is 5.20. The Hall–Kier alpha value is -1.94. The molecule has 0 aromatic carbocycles. The number of phosphoric ester groups is 2. The van der Waals surface area contributed by atoms with E-state index in [1.807, 2.05) is 0 Å². The average molecular weight is 1260 g/mol. The maximum atomic E-state index is 13.0. The number of carbonyl (C=O) groups excluding carboxylic acids is 4. The summed E-state index contributed by atoms with van der Waals surface area (Å²) >= 11 is 0. The van der Waals surface area contributed by atoms with Crippen molar-refractivity contribution in [3.8, 4) is 0 Å². The first kappa shape index (κ1) is 83.1. The summed E-state index contributed by atoms with van der Waals surface area (Å²) in [7, 11) is -9.89. The molecule has 0 aliphatic rings. The molecule has 0 rings (SSSR count). The van der Waals surface area contributed by atoms with Crippen molar-refractivity contribution in [2.24, 2.45) is 17.8 Å². The topological polar surface area (TPSA) is 237 Å². The SMILES string of the molecule is CCCCCCCCCC(=O)OC[C@H](COP(=O)(O)OC[C@H](O)COP(=O)(O)OC[C@@H](COC(=O)CCCCCCCCCCCCC(C)C)OC(=O)CCCCCCCCCCCCCCCC(C)C)OC(=O)CCCCCCCCC(C)C. The van der Waals surface area contributed by atoms with Gasteiger partial charge in [0.25, 0.3) is 0 Å². The van der Waals surface area contributed by atoms with E-state index >= 15 is 0 Å². The predicted octanol–water partition coefficient (Wildman–Crippen LogP) is 18.3. The van der Waals surface area contributed by atoms with E-state index in [9.17, 15) is 43.2 Å². The van der Waals surface area contributed by atoms with E-state index in [2.05, 4.69) is 48.5 Å². The minimum absolute atomic E-state index is 0.101. The van der Waals surface area contributed by atoms with Crippen LogP contribution >= 0.6 is 15.6 Å². The highest BCUT2D eigenvalue weighted by Crippen LogP contribution is 2.45. The smallest absolute Gasteiger partial charge is 0.462 e. The highest BCUT2D eigenvalue weighted by atomic mass is 31.2. The Labute approximate surface area is 517 Å². The molecule has 0 radical (unpaired) electrons. The predicted molar refractivity (Wildman–Crippen MR) is 340 cm³/mol. The van der Waals surface area contributed by atoms with Crippen LogP contribution in [0.2, 0.25) is 0 Å². The van der Waals surface area contributed by atoms with Gasteiger partial charge in [0, 0.05) is 25.7 Å². The van der Waals surface area contributed by atoms with Crippen LogP contribution in [-0.2, 0) is 65.4 Å². The van der Waals surface area contributed by atoms with Gasteiger partial charge in [0.2, 0.25) is 0 Å². The van der Waals surface area contributed by atoms with E-state index in [-0.39, 0.29) is 25.7 Å². The molecule has 0 saturated heterocycles. The van der Waals surface area contributed by atoms with E-state index in [1.54, 1.807) is 0 Å². The van der Waals surface area contributed by atoms with E-state index in [4.69, 9.17) is 37.0 Å². The number of esters is 4. The van der Waals surface area contributed by atoms with Crippen LogP contribution in [0.1, 0.15) is 325 Å². The average Bonchev–Trinajstić information content (AvgIpc) is 3.56. The molecule has 85 heavy (non-hydrogen) atoms. The van der Waals surface area contributed by atoms with E-state index in [1.165, 1.54) is 122 Å². The van der Waals surface area contributed by atoms with Gasteiger partial charge >= 0.3 is 39.5 Å². The summed E-state index contributed by atoms with van der Waals surface area (Å²) in [6, 6.07) is 0. The number of phosphoric acid groups is 2. The molecule has 0 heterocycles. The summed E-state index contributed by atoms with van der Waals surface area (Å²) in [5, 5.41) is 10.5. The minimum atomic E-state index is -4.95. The number of unbranched alkanes of at least 4 members (excludes halogenated alkanes) is 32. The molecule has 0 aliphatic carbocycles. The van der Waals surface area contributed by atoms with Crippen molar-refractivity contribution >= 4 is 39.5 Å². The third kappa shape index (κ3) is 60.7. The van der Waals surface area contributed by atoms with Gasteiger partial charge in [-0.2, -0.15) is 0 Å². The van der Waals surface area contributed by atoms with Gasteiger partial charge in [0.1, 0.15) is 19.3 Å². The number of hydrogen-bond acceptors (Lipinski definition) is 15. The molecule has 5 atom stereocenters. The Kier molecular flexibility index (Phi) is 55.9. The lowest BCUT2D eigenvalue weighted by molar-refractivity contribution is -0.161. The van der Waals surface area contributed by atoms with Gasteiger partial charge < -0.3 is 33.8 Å². The molecule has 0 aromatic rings. The first-order valence-corrected chi connectivity index (χ1v) is 37.3. The first-order valence-electron chi connectivity index (χ1n) is 34.3. The molecule has 0 fully saturated rings. The number of rotatable bonds is 64. The fraction of sp³-hybridized carbons (Fsp3) is 0.939. The van der Waals surface area contributed by atoms with Gasteiger partial charge in [-0.3, -0.25) is 37.3 Å². The van der Waals surface area contributed by atoms with Gasteiger partial charge in [-0.05, 0) is 43.4 Å². The third-order valence-electron chi connectivity index (χ3n) is 15.1. The van der Waals surface area contributed by atoms with Crippen molar-refractivity contribution in [2.45, 2.75) is 343 Å². The van der Waals surface area contributed by atoms with Crippen LogP contribution in [0.4, 0.5) is 0 Å². The first-order chi connectivity index (χ1) is 40.7. The van der Waals surface area contributed by atoms with Crippen LogP contribution in [0.5, 0.6) is 0 Å². The van der Waals surface area contributed by atoms with E-state index in [0.717, 1.165) is 115 Å². The molecular formula is C66H128O17P2. The number of aliphatic hydroxyl groups excluding tert-OH is 1. The van der Waals surface area contributed by atoms with Crippen molar-refractivity contribution in [3.05, 3.63) is 0 Å². The van der Waals surface area contributed by atoms with Gasteiger partial charge in [0.15, 0.2) is 12.2 Å². The highest BCUT2D eigenvalue weighted by Gasteiger charge is 2.30. The van der Waals surface area contributed by atoms with Crippen LogP contribution in [0.15, 0.2) is 0 Å². The summed E-state index contributed by atoms with van der Waals surface area (Å²) in [4.78, 5) is 72.2. The molecule has 3 N–H and O–H groups in total. The Morgan fingerprint density at radius 3 is 0.800 bits per heavy atom. The Bertz CT molecular complexity index is 1680. The van der Waals surface area contributed by atoms with Crippen LogP contribution in [0, 0.1) is 17.8 Å². The van der Waals surface area contributed by atoms with Crippen molar-refractivity contribution < 1.29 is 80.2 Å². The van der Waals surface area contributed by atoms with Gasteiger partial charge in [-0.15, -0.1) is 0 Å². The summed E-state index contributed by atoms with van der Waals surface area (Å²) in [6.07, 6.45) is 39.2. The molecule has 19 heteroatoms. The lowest BCUT2D eigenvalue weighted by atomic mass is 10.0. The quantitative estimate of drug-likeness (QED) is 0.0222. The Morgan fingerprint density at radius 2 is 0.541 bits per heavy atom. The number of hydrogen-bond donors (Lipinski definition) is 3. The zero-order valence-electron chi connectivity index (χ0n) is 55.1. The molecule has 0 amide bonds. The van der Waals surface area contributed by atoms with Crippen molar-refractivity contribution in [3.63, 3.8) is 0 Å². The number of aliphatic hydroxyl groups is 1. The second-order valence-electron chi connectivity index (χ2n) is 25.3. The molecule has 0 spiro atoms. The van der Waals surface area contributed by atoms with E-state index in [0.29, 0.717) is 31.6 Å². The Morgan fingerprint density at radius 1 is 0.318 bits per heavy atom. The molecule has 0 bridgehead atoms. The lowest BCUT2D eigenvalue weighted by Crippen LogP contribution is -2.30. The molecule has 2 unspecified atom stereocenters. The lowest BCUT2D eigenvalue weighted by Gasteiger charge is -2.21. The number of ether oxygens (including phenoxy) is 4. The standard InChI is InChI=1S/C66H128O17P2/c1-8-9-10-11-23-33-40-47-63(68)76-53-62(83-66(71)50-43-36-29-28-32-39-46-59(6)7)56-81-85(74,75)79-52-60(67)51-78-84(72,73)80-55-61(54-77-64(69)48-41-34-26-21-18-17-20-25-31-38-45-58(4)5)82-65(70)49-42-35-27-22-16-14-12-13-15-19-24-30-37-44-57(2)3/h57-62,67H,8-56H2,1-7H3,(H,72,73)(H,74,75)/t60-,61-,62-/m1/s1. The number of carbonyl (C=O) groups is 4. The summed E-state index contributed by atoms with van der Waals surface area (Å²) in [6.45, 7) is 11.7. The summed E-state index contributed by atoms with van der Waals surface area (Å²) < 4.78 is 68.0. The fourth-order valence-electron chi connectivity index (χ4n) is 9.83. The van der Waals surface area contributed by atoms with Crippen molar-refractivity contribution in [1.82, 2.24) is 0 Å². The molecule has 0 aliphatic heterocycles. The largest absolute Gasteiger partial charge is 0.472 e. The van der Waals surface area contributed by atoms with Crippen molar-refractivity contribution in [2.75, 3.05) is 39.6 Å². The van der Waals surface area contributed by atoms with Crippen LogP contribution < -0.4 is 0 Å². The summed E-state index contributed by atoms with van der Waals surface area (Å²) in [5.74, 6) is 0.0744. The fourth-order valence-corrected chi connectivity index (χ4v) is 11.4. The molecule has 0 aromatic heterocycles. The maximum absolute atomic E-state index is 13.0. The van der Waals surface area contributed by atoms with Crippen molar-refractivity contribution in [1.29, 1.82) is 0 Å². The van der Waals surface area contributed by atoms with Gasteiger partial charge in [0.05, 0.1) is 26.4 Å². The monoisotopic (exact) mass is 1250 g/mol. The molecule has 17 nitrogen and oxygen atoms in total. The molecular weight excluding hydrogens is 1130 g/mol. The maximum Gasteiger partial charge on any atom is 0.472 e. The molecule has 0 saturated carbocycles. The van der Waals surface area contributed by atoms with Crippen LogP contribution in [0.25, 0.3) is 0 Å². The summed E-state index contributed by atoms with van der Waals surface area (Å²) in [5.41, 5.74) is 0. The zero-order chi connectivity index (χ0) is 63.1. The molecule has 504 valence electrons. The third-order valence-corrected chi connectivity index (χ3v) is 17.0. The minimum Gasteiger partial charge on any atom is -0.462 e.